The maximum absolute atomic E-state index is 11.0. The fourth-order valence-electron chi connectivity index (χ4n) is 2.30. The summed E-state index contributed by atoms with van der Waals surface area (Å²) in [5.41, 5.74) is 5.26. The molecule has 1 fully saturated rings. The molecule has 1 rings (SSSR count). The van der Waals surface area contributed by atoms with E-state index in [2.05, 4.69) is 17.1 Å². The Morgan fingerprint density at radius 2 is 2.25 bits per heavy atom. The van der Waals surface area contributed by atoms with Crippen LogP contribution in [0, 0.1) is 0 Å². The highest BCUT2D eigenvalue weighted by atomic mass is 16.1. The second-order valence-electron chi connectivity index (χ2n) is 4.76. The Morgan fingerprint density at radius 3 is 2.88 bits per heavy atom. The van der Waals surface area contributed by atoms with Gasteiger partial charge in [-0.3, -0.25) is 4.79 Å². The number of hydrogen-bond acceptors (Lipinski definition) is 3. The lowest BCUT2D eigenvalue weighted by Crippen LogP contribution is -2.44. The first-order valence-electron chi connectivity index (χ1n) is 6.41. The molecular weight excluding hydrogens is 202 g/mol. The van der Waals surface area contributed by atoms with E-state index >= 15 is 0 Å². The van der Waals surface area contributed by atoms with Crippen LogP contribution in [-0.2, 0) is 4.79 Å². The largest absolute Gasteiger partial charge is 0.368 e. The summed E-state index contributed by atoms with van der Waals surface area (Å²) in [6, 6.07) is 0.243. The van der Waals surface area contributed by atoms with Crippen LogP contribution in [0.1, 0.15) is 39.5 Å². The molecule has 3 N–H and O–H groups in total. The minimum atomic E-state index is -0.255. The number of carbonyl (C=O) groups excluding carboxylic acids is 1. The van der Waals surface area contributed by atoms with Gasteiger partial charge in [0.15, 0.2) is 0 Å². The van der Waals surface area contributed by atoms with E-state index in [1.165, 1.54) is 25.9 Å². The van der Waals surface area contributed by atoms with Crippen LogP contribution in [0.25, 0.3) is 0 Å². The highest BCUT2D eigenvalue weighted by Gasteiger charge is 2.19. The normalized spacial score (nSPS) is 25.0. The maximum atomic E-state index is 11.0. The first kappa shape index (κ1) is 13.5. The molecule has 2 unspecified atom stereocenters. The molecule has 0 saturated carbocycles. The number of rotatable bonds is 5. The number of nitrogens with two attached hydrogens (primary N) is 1. The minimum absolute atomic E-state index is 0.206. The van der Waals surface area contributed by atoms with E-state index in [0.717, 1.165) is 19.4 Å². The fraction of sp³-hybridized carbons (Fsp3) is 0.917. The second kappa shape index (κ2) is 6.86. The van der Waals surface area contributed by atoms with Gasteiger partial charge >= 0.3 is 0 Å². The van der Waals surface area contributed by atoms with E-state index in [0.29, 0.717) is 6.04 Å². The van der Waals surface area contributed by atoms with Crippen LogP contribution in [-0.4, -0.2) is 42.5 Å². The molecule has 2 atom stereocenters. The van der Waals surface area contributed by atoms with Crippen LogP contribution in [0.4, 0.5) is 0 Å². The van der Waals surface area contributed by atoms with Crippen molar-refractivity contribution in [1.82, 2.24) is 10.2 Å². The van der Waals surface area contributed by atoms with Gasteiger partial charge in [0.05, 0.1) is 6.04 Å². The van der Waals surface area contributed by atoms with E-state index in [-0.39, 0.29) is 11.9 Å². The molecule has 1 aliphatic rings. The van der Waals surface area contributed by atoms with E-state index < -0.39 is 0 Å². The molecule has 1 aliphatic heterocycles. The van der Waals surface area contributed by atoms with Crippen molar-refractivity contribution < 1.29 is 4.79 Å². The third kappa shape index (κ3) is 4.49. The topological polar surface area (TPSA) is 58.4 Å². The fourth-order valence-corrected chi connectivity index (χ4v) is 2.30. The molecule has 0 aromatic heterocycles. The van der Waals surface area contributed by atoms with Gasteiger partial charge in [-0.15, -0.1) is 0 Å². The number of hydrogen-bond donors (Lipinski definition) is 2. The van der Waals surface area contributed by atoms with Gasteiger partial charge in [-0.1, -0.05) is 6.92 Å². The monoisotopic (exact) mass is 227 g/mol. The maximum Gasteiger partial charge on any atom is 0.234 e. The van der Waals surface area contributed by atoms with Gasteiger partial charge in [0.1, 0.15) is 0 Å². The van der Waals surface area contributed by atoms with Crippen molar-refractivity contribution >= 4 is 5.91 Å². The summed E-state index contributed by atoms with van der Waals surface area (Å²) >= 11 is 0. The second-order valence-corrected chi connectivity index (χ2v) is 4.76. The summed E-state index contributed by atoms with van der Waals surface area (Å²) in [6.45, 7) is 7.58. The van der Waals surface area contributed by atoms with Crippen LogP contribution in [0.15, 0.2) is 0 Å². The van der Waals surface area contributed by atoms with Crippen molar-refractivity contribution in [1.29, 1.82) is 0 Å². The number of likely N-dealkylation sites (tertiary alicyclic amines) is 1. The summed E-state index contributed by atoms with van der Waals surface area (Å²) < 4.78 is 0. The number of amides is 1. The summed E-state index contributed by atoms with van der Waals surface area (Å²) in [5, 5.41) is 3.32. The third-order valence-electron chi connectivity index (χ3n) is 3.27. The van der Waals surface area contributed by atoms with Gasteiger partial charge in [-0.25, -0.2) is 0 Å². The molecule has 1 heterocycles. The van der Waals surface area contributed by atoms with Gasteiger partial charge in [0.2, 0.25) is 5.91 Å². The first-order valence-corrected chi connectivity index (χ1v) is 6.41. The summed E-state index contributed by atoms with van der Waals surface area (Å²) in [7, 11) is 0. The van der Waals surface area contributed by atoms with Crippen molar-refractivity contribution in [2.24, 2.45) is 5.73 Å². The molecule has 0 spiro atoms. The molecule has 0 aliphatic carbocycles. The van der Waals surface area contributed by atoms with Gasteiger partial charge in [-0.05, 0) is 52.2 Å². The summed E-state index contributed by atoms with van der Waals surface area (Å²) in [6.07, 6.45) is 4.70. The van der Waals surface area contributed by atoms with Crippen molar-refractivity contribution in [3.05, 3.63) is 0 Å². The summed E-state index contributed by atoms with van der Waals surface area (Å²) in [4.78, 5) is 13.5. The molecule has 4 nitrogen and oxygen atoms in total. The molecule has 16 heavy (non-hydrogen) atoms. The van der Waals surface area contributed by atoms with Crippen molar-refractivity contribution in [3.63, 3.8) is 0 Å². The first-order chi connectivity index (χ1) is 7.63. The Labute approximate surface area is 98.6 Å². The molecular formula is C12H25N3O. The number of carbonyl (C=O) groups is 1. The van der Waals surface area contributed by atoms with Gasteiger partial charge in [-0.2, -0.15) is 0 Å². The Bertz CT molecular complexity index is 220. The zero-order chi connectivity index (χ0) is 12.0. The Morgan fingerprint density at radius 1 is 1.50 bits per heavy atom. The molecule has 4 heteroatoms. The van der Waals surface area contributed by atoms with Crippen LogP contribution < -0.4 is 11.1 Å². The average molecular weight is 227 g/mol. The van der Waals surface area contributed by atoms with E-state index in [1.807, 2.05) is 6.92 Å². The van der Waals surface area contributed by atoms with Crippen molar-refractivity contribution in [2.45, 2.75) is 51.6 Å². The quantitative estimate of drug-likeness (QED) is 0.727. The van der Waals surface area contributed by atoms with Crippen LogP contribution in [0.3, 0.4) is 0 Å². The van der Waals surface area contributed by atoms with Gasteiger partial charge in [0.25, 0.3) is 0 Å². The smallest absolute Gasteiger partial charge is 0.234 e. The molecule has 0 bridgehead atoms. The minimum Gasteiger partial charge on any atom is -0.368 e. The molecule has 1 amide bonds. The van der Waals surface area contributed by atoms with Gasteiger partial charge < -0.3 is 16.0 Å². The lowest BCUT2D eigenvalue weighted by atomic mass is 10.1. The number of nitrogens with one attached hydrogen (secondary N) is 1. The van der Waals surface area contributed by atoms with Crippen molar-refractivity contribution in [2.75, 3.05) is 19.6 Å². The Hall–Kier alpha value is -0.610. The molecule has 0 radical (unpaired) electrons. The molecule has 1 saturated heterocycles. The number of nitrogens with zero attached hydrogens (tertiary/aromatic N) is 1. The van der Waals surface area contributed by atoms with E-state index in [9.17, 15) is 4.79 Å². The zero-order valence-corrected chi connectivity index (χ0v) is 10.5. The average Bonchev–Trinajstić information content (AvgIpc) is 2.44. The van der Waals surface area contributed by atoms with Crippen LogP contribution in [0.2, 0.25) is 0 Å². The molecule has 0 aromatic carbocycles. The SMILES string of the molecule is CCCN1CCCC(NC(C)C(N)=O)CC1. The lowest BCUT2D eigenvalue weighted by molar-refractivity contribution is -0.119. The van der Waals surface area contributed by atoms with Gasteiger partial charge in [0, 0.05) is 6.04 Å². The van der Waals surface area contributed by atoms with E-state index in [4.69, 9.17) is 5.73 Å². The molecule has 94 valence electrons. The standard InChI is InChI=1S/C12H25N3O/c1-3-7-15-8-4-5-11(6-9-15)14-10(2)12(13)16/h10-11,14H,3-9H2,1-2H3,(H2,13,16). The van der Waals surface area contributed by atoms with E-state index in [1.54, 1.807) is 0 Å². The lowest BCUT2D eigenvalue weighted by Gasteiger charge is -2.21. The van der Waals surface area contributed by atoms with Crippen LogP contribution in [0.5, 0.6) is 0 Å². The highest BCUT2D eigenvalue weighted by Crippen LogP contribution is 2.11. The summed E-state index contributed by atoms with van der Waals surface area (Å²) in [5.74, 6) is -0.255. The van der Waals surface area contributed by atoms with Crippen LogP contribution >= 0.6 is 0 Å². The molecule has 0 aromatic rings. The van der Waals surface area contributed by atoms with Crippen molar-refractivity contribution in [3.8, 4) is 0 Å². The Balaban J connectivity index is 2.32. The third-order valence-corrected chi connectivity index (χ3v) is 3.27. The Kier molecular flexibility index (Phi) is 5.77. The predicted molar refractivity (Wildman–Crippen MR) is 66.2 cm³/mol. The predicted octanol–water partition coefficient (Wildman–Crippen LogP) is 0.714. The zero-order valence-electron chi connectivity index (χ0n) is 10.5. The highest BCUT2D eigenvalue weighted by molar-refractivity contribution is 5.79. The number of primary amides is 1.